The van der Waals surface area contributed by atoms with Gasteiger partial charge in [-0.1, -0.05) is 19.1 Å². The summed E-state index contributed by atoms with van der Waals surface area (Å²) in [5.74, 6) is -5.62. The summed E-state index contributed by atoms with van der Waals surface area (Å²) in [6.07, 6.45) is 1.27. The van der Waals surface area contributed by atoms with Crippen molar-refractivity contribution in [2.45, 2.75) is 20.4 Å². The summed E-state index contributed by atoms with van der Waals surface area (Å²) < 4.78 is 54.7. The van der Waals surface area contributed by atoms with Gasteiger partial charge in [0.25, 0.3) is 0 Å². The molecule has 0 atom stereocenters. The standard InChI is InChI=1S/C13H14F4N4/c1-7(2)4-18-5-8-6-19-20-21(8)13-11(16)9(14)3-10(15)12(13)17/h3,6-7,18H,4-5H2,1-2H3. The molecule has 0 saturated carbocycles. The highest BCUT2D eigenvalue weighted by molar-refractivity contribution is 5.37. The first-order chi connectivity index (χ1) is 9.91. The SMILES string of the molecule is CC(C)CNCc1cnnn1-c1c(F)c(F)cc(F)c1F. The molecular formula is C13H14F4N4. The quantitative estimate of drug-likeness (QED) is 0.682. The van der Waals surface area contributed by atoms with Crippen LogP contribution in [0.3, 0.4) is 0 Å². The summed E-state index contributed by atoms with van der Waals surface area (Å²) in [6, 6.07) is 0.155. The lowest BCUT2D eigenvalue weighted by Gasteiger charge is -2.11. The third-order valence-corrected chi connectivity index (χ3v) is 2.78. The molecule has 0 spiro atoms. The van der Waals surface area contributed by atoms with Gasteiger partial charge < -0.3 is 5.32 Å². The largest absolute Gasteiger partial charge is 0.311 e. The van der Waals surface area contributed by atoms with Crippen LogP contribution in [0.1, 0.15) is 19.5 Å². The molecule has 1 aromatic heterocycles. The van der Waals surface area contributed by atoms with Crippen molar-refractivity contribution in [2.24, 2.45) is 5.92 Å². The Morgan fingerprint density at radius 2 is 1.76 bits per heavy atom. The Balaban J connectivity index is 2.38. The molecule has 21 heavy (non-hydrogen) atoms. The van der Waals surface area contributed by atoms with Gasteiger partial charge in [-0.05, 0) is 12.5 Å². The second-order valence-corrected chi connectivity index (χ2v) is 4.98. The van der Waals surface area contributed by atoms with Gasteiger partial charge in [-0.2, -0.15) is 0 Å². The Labute approximate surface area is 118 Å². The number of hydrogen-bond acceptors (Lipinski definition) is 3. The Morgan fingerprint density at radius 1 is 1.14 bits per heavy atom. The number of halogens is 4. The van der Waals surface area contributed by atoms with E-state index in [0.717, 1.165) is 4.68 Å². The summed E-state index contributed by atoms with van der Waals surface area (Å²) in [4.78, 5) is 0. The van der Waals surface area contributed by atoms with Crippen LogP contribution in [0.15, 0.2) is 12.3 Å². The van der Waals surface area contributed by atoms with Crippen molar-refractivity contribution >= 4 is 0 Å². The maximum absolute atomic E-state index is 13.7. The third kappa shape index (κ3) is 3.21. The number of hydrogen-bond donors (Lipinski definition) is 1. The van der Waals surface area contributed by atoms with Crippen LogP contribution >= 0.6 is 0 Å². The zero-order valence-electron chi connectivity index (χ0n) is 11.5. The first-order valence-corrected chi connectivity index (χ1v) is 6.35. The van der Waals surface area contributed by atoms with Crippen molar-refractivity contribution in [2.75, 3.05) is 6.54 Å². The third-order valence-electron chi connectivity index (χ3n) is 2.78. The van der Waals surface area contributed by atoms with Gasteiger partial charge in [0.15, 0.2) is 23.3 Å². The van der Waals surface area contributed by atoms with Gasteiger partial charge in [-0.3, -0.25) is 0 Å². The van der Waals surface area contributed by atoms with E-state index in [2.05, 4.69) is 15.6 Å². The maximum Gasteiger partial charge on any atom is 0.187 e. The first-order valence-electron chi connectivity index (χ1n) is 6.35. The van der Waals surface area contributed by atoms with Crippen LogP contribution in [0, 0.1) is 29.2 Å². The van der Waals surface area contributed by atoms with Crippen molar-refractivity contribution in [3.05, 3.63) is 41.2 Å². The van der Waals surface area contributed by atoms with E-state index < -0.39 is 29.0 Å². The zero-order chi connectivity index (χ0) is 15.6. The lowest BCUT2D eigenvalue weighted by atomic mass is 10.2. The van der Waals surface area contributed by atoms with Gasteiger partial charge >= 0.3 is 0 Å². The summed E-state index contributed by atoms with van der Waals surface area (Å²) in [7, 11) is 0. The fraction of sp³-hybridized carbons (Fsp3) is 0.385. The molecule has 0 aliphatic rings. The van der Waals surface area contributed by atoms with Crippen molar-refractivity contribution in [1.29, 1.82) is 0 Å². The Kier molecular flexibility index (Phi) is 4.56. The Hall–Kier alpha value is -1.96. The Morgan fingerprint density at radius 3 is 2.33 bits per heavy atom. The van der Waals surface area contributed by atoms with E-state index in [1.807, 2.05) is 13.8 Å². The zero-order valence-corrected chi connectivity index (χ0v) is 11.5. The molecule has 0 radical (unpaired) electrons. The molecule has 1 aromatic carbocycles. The molecule has 0 amide bonds. The summed E-state index contributed by atoms with van der Waals surface area (Å²) in [5, 5.41) is 10.1. The highest BCUT2D eigenvalue weighted by Gasteiger charge is 2.23. The van der Waals surface area contributed by atoms with Gasteiger partial charge in [0.1, 0.15) is 5.69 Å². The highest BCUT2D eigenvalue weighted by atomic mass is 19.2. The van der Waals surface area contributed by atoms with E-state index in [1.165, 1.54) is 6.20 Å². The minimum Gasteiger partial charge on any atom is -0.311 e. The summed E-state index contributed by atoms with van der Waals surface area (Å²) in [6.45, 7) is 4.85. The number of aromatic nitrogens is 3. The number of nitrogens with one attached hydrogen (secondary N) is 1. The summed E-state index contributed by atoms with van der Waals surface area (Å²) in [5.41, 5.74) is -0.621. The minimum absolute atomic E-state index is 0.155. The second-order valence-electron chi connectivity index (χ2n) is 4.98. The predicted molar refractivity (Wildman–Crippen MR) is 67.7 cm³/mol. The average molecular weight is 302 g/mol. The monoisotopic (exact) mass is 302 g/mol. The molecule has 8 heteroatoms. The molecule has 1 heterocycles. The van der Waals surface area contributed by atoms with Crippen LogP contribution < -0.4 is 5.32 Å². The Bertz CT molecular complexity index is 613. The van der Waals surface area contributed by atoms with Crippen LogP contribution in [0.25, 0.3) is 5.69 Å². The molecule has 0 bridgehead atoms. The van der Waals surface area contributed by atoms with Gasteiger partial charge in [0.05, 0.1) is 11.9 Å². The van der Waals surface area contributed by atoms with E-state index >= 15 is 0 Å². The molecule has 0 aliphatic heterocycles. The molecule has 0 fully saturated rings. The van der Waals surface area contributed by atoms with Crippen molar-refractivity contribution in [3.8, 4) is 5.69 Å². The van der Waals surface area contributed by atoms with Gasteiger partial charge in [-0.25, -0.2) is 22.2 Å². The van der Waals surface area contributed by atoms with Crippen LogP contribution in [0.4, 0.5) is 17.6 Å². The molecule has 0 saturated heterocycles. The van der Waals surface area contributed by atoms with Gasteiger partial charge in [0.2, 0.25) is 0 Å². The first kappa shape index (κ1) is 15.4. The lowest BCUT2D eigenvalue weighted by Crippen LogP contribution is -2.21. The number of benzene rings is 1. The van der Waals surface area contributed by atoms with Gasteiger partial charge in [-0.15, -0.1) is 5.10 Å². The fourth-order valence-electron chi connectivity index (χ4n) is 1.80. The van der Waals surface area contributed by atoms with Crippen LogP contribution in [0.5, 0.6) is 0 Å². The highest BCUT2D eigenvalue weighted by Crippen LogP contribution is 2.23. The second kappa shape index (κ2) is 6.21. The van der Waals surface area contributed by atoms with Crippen molar-refractivity contribution in [1.82, 2.24) is 20.3 Å². The van der Waals surface area contributed by atoms with Crippen LogP contribution in [0.2, 0.25) is 0 Å². The maximum atomic E-state index is 13.7. The molecule has 0 unspecified atom stereocenters. The van der Waals surface area contributed by atoms with E-state index in [-0.39, 0.29) is 12.6 Å². The molecule has 2 rings (SSSR count). The summed E-state index contributed by atoms with van der Waals surface area (Å²) >= 11 is 0. The topological polar surface area (TPSA) is 42.7 Å². The van der Waals surface area contributed by atoms with Crippen LogP contribution in [-0.4, -0.2) is 21.5 Å². The van der Waals surface area contributed by atoms with Crippen molar-refractivity contribution in [3.63, 3.8) is 0 Å². The minimum atomic E-state index is -1.51. The molecule has 2 aromatic rings. The molecule has 0 aliphatic carbocycles. The van der Waals surface area contributed by atoms with E-state index in [0.29, 0.717) is 18.2 Å². The lowest BCUT2D eigenvalue weighted by molar-refractivity contribution is 0.440. The predicted octanol–water partition coefficient (Wildman–Crippen LogP) is 2.57. The average Bonchev–Trinajstić information content (AvgIpc) is 2.85. The van der Waals surface area contributed by atoms with Gasteiger partial charge in [0, 0.05) is 12.6 Å². The number of nitrogens with zero attached hydrogens (tertiary/aromatic N) is 3. The number of rotatable bonds is 5. The van der Waals surface area contributed by atoms with Crippen LogP contribution in [-0.2, 0) is 6.54 Å². The normalized spacial score (nSPS) is 11.4. The van der Waals surface area contributed by atoms with E-state index in [4.69, 9.17) is 0 Å². The smallest absolute Gasteiger partial charge is 0.187 e. The van der Waals surface area contributed by atoms with E-state index in [1.54, 1.807) is 0 Å². The molecule has 1 N–H and O–H groups in total. The van der Waals surface area contributed by atoms with Crippen molar-refractivity contribution < 1.29 is 17.6 Å². The van der Waals surface area contributed by atoms with E-state index in [9.17, 15) is 17.6 Å². The fourth-order valence-corrected chi connectivity index (χ4v) is 1.80. The molecule has 114 valence electrons. The molecular weight excluding hydrogens is 288 g/mol. The molecule has 4 nitrogen and oxygen atoms in total.